The molecule has 2 aromatic rings. The topological polar surface area (TPSA) is 96.3 Å². The predicted octanol–water partition coefficient (Wildman–Crippen LogP) is 4.69. The first-order chi connectivity index (χ1) is 16.0. The minimum absolute atomic E-state index is 0.0648. The van der Waals surface area contributed by atoms with Crippen molar-refractivity contribution in [2.75, 3.05) is 0 Å². The molecule has 2 aliphatic carbocycles. The van der Waals surface area contributed by atoms with Gasteiger partial charge in [0.15, 0.2) is 9.84 Å². The van der Waals surface area contributed by atoms with E-state index < -0.39 is 38.2 Å². The Kier molecular flexibility index (Phi) is 6.54. The van der Waals surface area contributed by atoms with Gasteiger partial charge in [-0.2, -0.15) is 5.26 Å². The van der Waals surface area contributed by atoms with Crippen LogP contribution in [0.2, 0.25) is 5.02 Å². The molecule has 1 N–H and O–H groups in total. The molecule has 3 unspecified atom stereocenters. The molecule has 4 rings (SSSR count). The van der Waals surface area contributed by atoms with Gasteiger partial charge in [0.25, 0.3) is 0 Å². The van der Waals surface area contributed by atoms with E-state index in [1.807, 2.05) is 45.0 Å². The van der Waals surface area contributed by atoms with E-state index in [0.717, 1.165) is 11.1 Å². The van der Waals surface area contributed by atoms with Gasteiger partial charge in [-0.05, 0) is 64.2 Å². The number of carbonyl (C=O) groups excluding carboxylic acids is 1. The van der Waals surface area contributed by atoms with Gasteiger partial charge < -0.3 is 10.1 Å². The van der Waals surface area contributed by atoms with Gasteiger partial charge in [-0.25, -0.2) is 8.42 Å². The Morgan fingerprint density at radius 2 is 1.79 bits per heavy atom. The van der Waals surface area contributed by atoms with E-state index >= 15 is 0 Å². The first-order valence-corrected chi connectivity index (χ1v) is 13.4. The number of rotatable bonds is 7. The second-order valence-electron chi connectivity index (χ2n) is 9.89. The summed E-state index contributed by atoms with van der Waals surface area (Å²) in [4.78, 5) is 13.3. The average Bonchev–Trinajstić information content (AvgIpc) is 3.43. The number of nitrogens with zero attached hydrogens (tertiary/aromatic N) is 1. The van der Waals surface area contributed by atoms with Gasteiger partial charge in [-0.1, -0.05) is 53.6 Å². The molecule has 8 heteroatoms. The first kappa shape index (κ1) is 24.7. The van der Waals surface area contributed by atoms with Crippen LogP contribution in [0.3, 0.4) is 0 Å². The summed E-state index contributed by atoms with van der Waals surface area (Å²) in [5, 5.41) is 11.6. The molecule has 6 nitrogen and oxygen atoms in total. The second kappa shape index (κ2) is 8.99. The number of amides is 1. The van der Waals surface area contributed by atoms with Gasteiger partial charge in [0, 0.05) is 0 Å². The Bertz CT molecular complexity index is 1230. The maximum atomic E-state index is 13.5. The highest BCUT2D eigenvalue weighted by Gasteiger charge is 2.51. The van der Waals surface area contributed by atoms with Crippen molar-refractivity contribution in [3.05, 3.63) is 64.7 Å². The van der Waals surface area contributed by atoms with Crippen molar-refractivity contribution >= 4 is 27.3 Å². The fraction of sp³-hybridized carbons (Fsp3) is 0.462. The largest absolute Gasteiger partial charge is 0.367 e. The van der Waals surface area contributed by atoms with Crippen LogP contribution in [0.1, 0.15) is 50.7 Å². The Labute approximate surface area is 206 Å². The molecule has 0 heterocycles. The van der Waals surface area contributed by atoms with Crippen LogP contribution in [-0.2, 0) is 25.0 Å². The lowest BCUT2D eigenvalue weighted by atomic mass is 9.95. The Morgan fingerprint density at radius 3 is 2.38 bits per heavy atom. The van der Waals surface area contributed by atoms with E-state index in [1.54, 1.807) is 18.2 Å². The van der Waals surface area contributed by atoms with E-state index in [-0.39, 0.29) is 28.7 Å². The molecular formula is C26H29ClN2O4S. The van der Waals surface area contributed by atoms with Gasteiger partial charge in [0.05, 0.1) is 38.9 Å². The summed E-state index contributed by atoms with van der Waals surface area (Å²) >= 11 is 6.21. The van der Waals surface area contributed by atoms with Crippen LogP contribution < -0.4 is 5.32 Å². The Morgan fingerprint density at radius 1 is 1.15 bits per heavy atom. The predicted molar refractivity (Wildman–Crippen MR) is 130 cm³/mol. The number of halogens is 1. The van der Waals surface area contributed by atoms with Crippen molar-refractivity contribution in [3.63, 3.8) is 0 Å². The van der Waals surface area contributed by atoms with Crippen LogP contribution in [0.4, 0.5) is 0 Å². The molecular weight excluding hydrogens is 472 g/mol. The number of nitriles is 1. The molecule has 0 spiro atoms. The normalized spacial score (nSPS) is 23.8. The van der Waals surface area contributed by atoms with Gasteiger partial charge in [0.2, 0.25) is 5.91 Å². The molecule has 34 heavy (non-hydrogen) atoms. The lowest BCUT2D eigenvalue weighted by molar-refractivity contribution is -0.137. The summed E-state index contributed by atoms with van der Waals surface area (Å²) in [6, 6.07) is 16.5. The number of hydrogen-bond acceptors (Lipinski definition) is 5. The summed E-state index contributed by atoms with van der Waals surface area (Å²) in [6.07, 6.45) is 0.844. The zero-order valence-electron chi connectivity index (χ0n) is 19.5. The number of hydrogen-bond donors (Lipinski definition) is 1. The number of ether oxygens (including phenoxy) is 1. The number of carbonyl (C=O) groups is 1. The number of aryl methyl sites for hydroxylation is 1. The summed E-state index contributed by atoms with van der Waals surface area (Å²) in [5.41, 5.74) is 0.473. The van der Waals surface area contributed by atoms with E-state index in [0.29, 0.717) is 12.8 Å². The van der Waals surface area contributed by atoms with Crippen molar-refractivity contribution in [2.24, 2.45) is 5.92 Å². The fourth-order valence-corrected chi connectivity index (χ4v) is 6.92. The third-order valence-corrected chi connectivity index (χ3v) is 9.57. The van der Waals surface area contributed by atoms with Crippen LogP contribution in [0, 0.1) is 24.2 Å². The summed E-state index contributed by atoms with van der Waals surface area (Å²) < 4.78 is 33.4. The number of nitrogens with one attached hydrogen (secondary N) is 1. The molecule has 0 saturated heterocycles. The molecule has 2 aromatic carbocycles. The monoisotopic (exact) mass is 500 g/mol. The van der Waals surface area contributed by atoms with Crippen LogP contribution in [0.25, 0.3) is 0 Å². The lowest BCUT2D eigenvalue weighted by Crippen LogP contribution is -2.44. The molecule has 1 amide bonds. The summed E-state index contributed by atoms with van der Waals surface area (Å²) in [5.74, 6) is -1.03. The molecule has 3 atom stereocenters. The number of sulfone groups is 1. The molecule has 0 aromatic heterocycles. The van der Waals surface area contributed by atoms with E-state index in [4.69, 9.17) is 16.3 Å². The van der Waals surface area contributed by atoms with Gasteiger partial charge in [-0.15, -0.1) is 0 Å². The van der Waals surface area contributed by atoms with Gasteiger partial charge >= 0.3 is 0 Å². The molecule has 0 radical (unpaired) electrons. The average molecular weight is 501 g/mol. The quantitative estimate of drug-likeness (QED) is 0.594. The first-order valence-electron chi connectivity index (χ1n) is 11.4. The smallest absolute Gasteiger partial charge is 0.227 e. The van der Waals surface area contributed by atoms with Crippen LogP contribution in [-0.4, -0.2) is 31.2 Å². The Hall–Kier alpha value is -2.40. The summed E-state index contributed by atoms with van der Waals surface area (Å²) in [6.45, 7) is 5.84. The highest BCUT2D eigenvalue weighted by atomic mass is 35.5. The maximum absolute atomic E-state index is 13.5. The molecule has 2 saturated carbocycles. The molecule has 0 aliphatic heterocycles. The van der Waals surface area contributed by atoms with Crippen molar-refractivity contribution in [1.82, 2.24) is 5.32 Å². The van der Waals surface area contributed by atoms with Gasteiger partial charge in [-0.3, -0.25) is 4.79 Å². The molecule has 2 aliphatic rings. The zero-order valence-corrected chi connectivity index (χ0v) is 21.1. The maximum Gasteiger partial charge on any atom is 0.227 e. The lowest BCUT2D eigenvalue weighted by Gasteiger charge is -2.32. The molecule has 0 bridgehead atoms. The van der Waals surface area contributed by atoms with Crippen molar-refractivity contribution in [2.45, 2.75) is 73.8 Å². The van der Waals surface area contributed by atoms with Crippen LogP contribution in [0.5, 0.6) is 0 Å². The summed E-state index contributed by atoms with van der Waals surface area (Å²) in [7, 11) is -3.79. The third-order valence-electron chi connectivity index (χ3n) is 6.90. The molecule has 180 valence electrons. The van der Waals surface area contributed by atoms with Gasteiger partial charge in [0.1, 0.15) is 5.54 Å². The third kappa shape index (κ3) is 4.86. The SMILES string of the molecule is Cc1ccc(C(C)(C)OC2CC(S(=O)(=O)c3ccccc3Cl)CC2C(=O)NC2(C#N)CC2)cc1. The van der Waals surface area contributed by atoms with E-state index in [9.17, 15) is 18.5 Å². The minimum atomic E-state index is -3.79. The second-order valence-corrected chi connectivity index (χ2v) is 12.5. The highest BCUT2D eigenvalue weighted by molar-refractivity contribution is 7.92. The van der Waals surface area contributed by atoms with Crippen molar-refractivity contribution in [3.8, 4) is 6.07 Å². The zero-order chi connectivity index (χ0) is 24.7. The fourth-order valence-electron chi connectivity index (χ4n) is 4.59. The standard InChI is InChI=1S/C26H29ClN2O4S/c1-17-8-10-18(11-9-17)25(2,3)33-22-15-19(34(31,32)23-7-5-4-6-21(23)27)14-20(22)24(30)29-26(16-28)12-13-26/h4-11,19-20,22H,12-15H2,1-3H3,(H,29,30). The van der Waals surface area contributed by atoms with E-state index in [2.05, 4.69) is 11.4 Å². The van der Waals surface area contributed by atoms with Crippen LogP contribution >= 0.6 is 11.6 Å². The number of benzene rings is 2. The highest BCUT2D eigenvalue weighted by Crippen LogP contribution is 2.42. The minimum Gasteiger partial charge on any atom is -0.367 e. The van der Waals surface area contributed by atoms with Crippen LogP contribution in [0.15, 0.2) is 53.4 Å². The van der Waals surface area contributed by atoms with Crippen molar-refractivity contribution in [1.29, 1.82) is 5.26 Å². The van der Waals surface area contributed by atoms with Crippen molar-refractivity contribution < 1.29 is 17.9 Å². The molecule has 2 fully saturated rings. The Balaban J connectivity index is 1.63. The van der Waals surface area contributed by atoms with E-state index in [1.165, 1.54) is 6.07 Å².